The molecule has 3 rings (SSSR count). The average Bonchev–Trinajstić information content (AvgIpc) is 2.90. The Hall–Kier alpha value is -1.30. The largest absolute Gasteiger partial charge is 0.417 e. The van der Waals surface area contributed by atoms with E-state index in [1.165, 1.54) is 19.0 Å². The molecule has 3 heterocycles. The quantitative estimate of drug-likeness (QED) is 0.834. The number of rotatable bonds is 2. The zero-order valence-electron chi connectivity index (χ0n) is 12.9. The van der Waals surface area contributed by atoms with Gasteiger partial charge < -0.3 is 9.80 Å². The van der Waals surface area contributed by atoms with Gasteiger partial charge in [0.1, 0.15) is 5.82 Å². The van der Waals surface area contributed by atoms with Crippen molar-refractivity contribution in [3.63, 3.8) is 0 Å². The first-order chi connectivity index (χ1) is 10.4. The molecule has 0 aromatic carbocycles. The molecule has 0 unspecified atom stereocenters. The molecule has 122 valence electrons. The van der Waals surface area contributed by atoms with Gasteiger partial charge in [-0.25, -0.2) is 4.98 Å². The van der Waals surface area contributed by atoms with E-state index in [1.807, 2.05) is 0 Å². The van der Waals surface area contributed by atoms with Crippen LogP contribution in [0.4, 0.5) is 19.0 Å². The fraction of sp³-hybridized carbons (Fsp3) is 0.688. The highest BCUT2D eigenvalue weighted by atomic mass is 19.4. The van der Waals surface area contributed by atoms with Gasteiger partial charge in [-0.2, -0.15) is 13.2 Å². The van der Waals surface area contributed by atoms with E-state index < -0.39 is 11.7 Å². The van der Waals surface area contributed by atoms with Gasteiger partial charge in [0.05, 0.1) is 5.56 Å². The van der Waals surface area contributed by atoms with Gasteiger partial charge in [0.2, 0.25) is 0 Å². The molecular weight excluding hydrogens is 291 g/mol. The number of hydrogen-bond acceptors (Lipinski definition) is 3. The van der Waals surface area contributed by atoms with E-state index in [1.54, 1.807) is 0 Å². The molecule has 0 N–H and O–H groups in total. The van der Waals surface area contributed by atoms with E-state index in [9.17, 15) is 13.2 Å². The minimum absolute atomic E-state index is 0.415. The summed E-state index contributed by atoms with van der Waals surface area (Å²) in [6.45, 7) is 7.41. The third kappa shape index (κ3) is 3.07. The molecule has 22 heavy (non-hydrogen) atoms. The zero-order chi connectivity index (χ0) is 15.8. The van der Waals surface area contributed by atoms with E-state index in [-0.39, 0.29) is 0 Å². The maximum Gasteiger partial charge on any atom is 0.417 e. The third-order valence-electron chi connectivity index (χ3n) is 5.19. The third-order valence-corrected chi connectivity index (χ3v) is 5.19. The van der Waals surface area contributed by atoms with Gasteiger partial charge in [-0.1, -0.05) is 6.92 Å². The summed E-state index contributed by atoms with van der Waals surface area (Å²) in [6.07, 6.45) is 0.0760. The molecule has 2 aliphatic heterocycles. The first-order valence-corrected chi connectivity index (χ1v) is 7.92. The van der Waals surface area contributed by atoms with Crippen molar-refractivity contribution < 1.29 is 13.2 Å². The van der Waals surface area contributed by atoms with Crippen LogP contribution in [-0.2, 0) is 6.18 Å². The number of alkyl halides is 3. The van der Waals surface area contributed by atoms with E-state index in [4.69, 9.17) is 0 Å². The summed E-state index contributed by atoms with van der Waals surface area (Å²) in [5.74, 6) is 0.660. The van der Waals surface area contributed by atoms with E-state index in [0.29, 0.717) is 11.2 Å². The van der Waals surface area contributed by atoms with Gasteiger partial charge in [0.25, 0.3) is 0 Å². The number of hydrogen-bond donors (Lipinski definition) is 0. The number of likely N-dealkylation sites (tertiary alicyclic amines) is 1. The number of aromatic nitrogens is 1. The first-order valence-electron chi connectivity index (χ1n) is 7.92. The van der Waals surface area contributed by atoms with Crippen molar-refractivity contribution in [2.75, 3.05) is 37.6 Å². The fourth-order valence-electron chi connectivity index (χ4n) is 3.66. The molecular formula is C16H22F3N3. The standard InChI is InChI=1S/C16H22F3N3/c1-2-21-8-5-15(12-21)6-9-22(10-7-15)14-4-3-13(11-20-14)16(17,18)19/h3-4,11H,2,5-10,12H2,1H3. The Morgan fingerprint density at radius 1 is 1.14 bits per heavy atom. The van der Waals surface area contributed by atoms with Crippen LogP contribution in [0.5, 0.6) is 0 Å². The van der Waals surface area contributed by atoms with Gasteiger partial charge in [-0.05, 0) is 49.9 Å². The smallest absolute Gasteiger partial charge is 0.357 e. The van der Waals surface area contributed by atoms with Crippen molar-refractivity contribution in [3.8, 4) is 0 Å². The van der Waals surface area contributed by atoms with Crippen molar-refractivity contribution in [2.45, 2.75) is 32.4 Å². The number of piperidine rings is 1. The molecule has 2 aliphatic rings. The van der Waals surface area contributed by atoms with Crippen LogP contribution in [0.2, 0.25) is 0 Å². The Balaban J connectivity index is 1.62. The van der Waals surface area contributed by atoms with Crippen LogP contribution in [-0.4, -0.2) is 42.6 Å². The number of nitrogens with zero attached hydrogens (tertiary/aromatic N) is 3. The highest BCUT2D eigenvalue weighted by Gasteiger charge is 2.40. The van der Waals surface area contributed by atoms with Crippen LogP contribution in [0.3, 0.4) is 0 Å². The molecule has 1 aromatic heterocycles. The molecule has 1 aromatic rings. The summed E-state index contributed by atoms with van der Waals surface area (Å²) in [6, 6.07) is 2.62. The zero-order valence-corrected chi connectivity index (χ0v) is 12.9. The van der Waals surface area contributed by atoms with Gasteiger partial charge in [0.15, 0.2) is 0 Å². The summed E-state index contributed by atoms with van der Waals surface area (Å²) in [5.41, 5.74) is -0.266. The lowest BCUT2D eigenvalue weighted by atomic mass is 9.78. The second-order valence-electron chi connectivity index (χ2n) is 6.51. The predicted molar refractivity (Wildman–Crippen MR) is 79.9 cm³/mol. The minimum Gasteiger partial charge on any atom is -0.357 e. The van der Waals surface area contributed by atoms with Crippen LogP contribution >= 0.6 is 0 Å². The second kappa shape index (κ2) is 5.72. The number of pyridine rings is 1. The molecule has 0 atom stereocenters. The molecule has 0 amide bonds. The lowest BCUT2D eigenvalue weighted by Gasteiger charge is -2.40. The summed E-state index contributed by atoms with van der Waals surface area (Å²) < 4.78 is 37.7. The maximum absolute atomic E-state index is 12.6. The fourth-order valence-corrected chi connectivity index (χ4v) is 3.66. The van der Waals surface area contributed by atoms with E-state index >= 15 is 0 Å². The van der Waals surface area contributed by atoms with Gasteiger partial charge >= 0.3 is 6.18 Å². The van der Waals surface area contributed by atoms with Gasteiger partial charge in [-0.15, -0.1) is 0 Å². The Labute approximate surface area is 129 Å². The molecule has 0 radical (unpaired) electrons. The predicted octanol–water partition coefficient (Wildman–Crippen LogP) is 3.41. The monoisotopic (exact) mass is 313 g/mol. The van der Waals surface area contributed by atoms with Crippen molar-refractivity contribution in [3.05, 3.63) is 23.9 Å². The summed E-state index contributed by atoms with van der Waals surface area (Å²) >= 11 is 0. The van der Waals surface area contributed by atoms with Crippen molar-refractivity contribution in [2.24, 2.45) is 5.41 Å². The van der Waals surface area contributed by atoms with Crippen LogP contribution in [0.1, 0.15) is 31.7 Å². The van der Waals surface area contributed by atoms with E-state index in [0.717, 1.165) is 51.3 Å². The summed E-state index contributed by atoms with van der Waals surface area (Å²) in [5, 5.41) is 0. The Morgan fingerprint density at radius 3 is 2.32 bits per heavy atom. The lowest BCUT2D eigenvalue weighted by molar-refractivity contribution is -0.137. The molecule has 0 bridgehead atoms. The van der Waals surface area contributed by atoms with Gasteiger partial charge in [0, 0.05) is 25.8 Å². The maximum atomic E-state index is 12.6. The normalized spacial score (nSPS) is 22.5. The lowest BCUT2D eigenvalue weighted by Crippen LogP contribution is -2.42. The molecule has 0 saturated carbocycles. The van der Waals surface area contributed by atoms with Crippen LogP contribution in [0.15, 0.2) is 18.3 Å². The molecule has 0 aliphatic carbocycles. The van der Waals surface area contributed by atoms with Gasteiger partial charge in [-0.3, -0.25) is 0 Å². The second-order valence-corrected chi connectivity index (χ2v) is 6.51. The molecule has 2 fully saturated rings. The SMILES string of the molecule is CCN1CCC2(CCN(c3ccc(C(F)(F)F)cn3)CC2)C1. The average molecular weight is 313 g/mol. The van der Waals surface area contributed by atoms with Crippen molar-refractivity contribution in [1.29, 1.82) is 0 Å². The minimum atomic E-state index is -4.31. The molecule has 3 nitrogen and oxygen atoms in total. The summed E-state index contributed by atoms with van der Waals surface area (Å²) in [4.78, 5) is 8.61. The van der Waals surface area contributed by atoms with Crippen molar-refractivity contribution >= 4 is 5.82 Å². The van der Waals surface area contributed by atoms with E-state index in [2.05, 4.69) is 21.7 Å². The van der Waals surface area contributed by atoms with Crippen molar-refractivity contribution in [1.82, 2.24) is 9.88 Å². The summed E-state index contributed by atoms with van der Waals surface area (Å²) in [7, 11) is 0. The van der Waals surface area contributed by atoms with Crippen LogP contribution in [0, 0.1) is 5.41 Å². The Bertz CT molecular complexity index is 504. The molecule has 2 saturated heterocycles. The number of halogens is 3. The highest BCUT2D eigenvalue weighted by molar-refractivity contribution is 5.40. The molecule has 1 spiro atoms. The first kappa shape index (κ1) is 15.6. The molecule has 6 heteroatoms. The van der Waals surface area contributed by atoms with Crippen LogP contribution in [0.25, 0.3) is 0 Å². The topological polar surface area (TPSA) is 19.4 Å². The van der Waals surface area contributed by atoms with Crippen LogP contribution < -0.4 is 4.90 Å². The Kier molecular flexibility index (Phi) is 4.05. The highest BCUT2D eigenvalue weighted by Crippen LogP contribution is 2.41. The Morgan fingerprint density at radius 2 is 1.82 bits per heavy atom. The number of anilines is 1.